The first-order valence-electron chi connectivity index (χ1n) is 7.23. The van der Waals surface area contributed by atoms with Crippen molar-refractivity contribution in [2.45, 2.75) is 32.1 Å². The van der Waals surface area contributed by atoms with Gasteiger partial charge in [-0.15, -0.1) is 0 Å². The van der Waals surface area contributed by atoms with Gasteiger partial charge in [0.15, 0.2) is 0 Å². The summed E-state index contributed by atoms with van der Waals surface area (Å²) >= 11 is 5.81. The second-order valence-electron chi connectivity index (χ2n) is 5.32. The molecule has 0 saturated carbocycles. The van der Waals surface area contributed by atoms with Crippen LogP contribution in [0.25, 0.3) is 0 Å². The maximum Gasteiger partial charge on any atom is 0.216 e. The van der Waals surface area contributed by atoms with Crippen LogP contribution in [-0.4, -0.2) is 8.42 Å². The molecule has 0 fully saturated rings. The van der Waals surface area contributed by atoms with E-state index < -0.39 is 10.0 Å². The molecule has 0 aliphatic heterocycles. The number of benzene rings is 2. The number of hydrogen-bond donors (Lipinski definition) is 1. The molecule has 2 rings (SSSR count). The molecule has 0 saturated heterocycles. The minimum Gasteiger partial charge on any atom is -0.212 e. The number of nitrogens with one attached hydrogen (secondary N) is 1. The zero-order valence-electron chi connectivity index (χ0n) is 12.7. The maximum atomic E-state index is 12.2. The summed E-state index contributed by atoms with van der Waals surface area (Å²) in [4.78, 5) is 0. The van der Waals surface area contributed by atoms with E-state index in [1.807, 2.05) is 31.2 Å². The molecule has 5 heteroatoms. The first kappa shape index (κ1) is 17.0. The quantitative estimate of drug-likeness (QED) is 0.863. The van der Waals surface area contributed by atoms with Gasteiger partial charge in [0.25, 0.3) is 0 Å². The molecule has 3 nitrogen and oxygen atoms in total. The molecule has 0 heterocycles. The molecule has 2 aromatic rings. The monoisotopic (exact) mass is 337 g/mol. The van der Waals surface area contributed by atoms with E-state index in [0.29, 0.717) is 10.6 Å². The van der Waals surface area contributed by atoms with Crippen LogP contribution in [0.15, 0.2) is 48.5 Å². The van der Waals surface area contributed by atoms with Gasteiger partial charge in [-0.25, -0.2) is 13.1 Å². The fourth-order valence-electron chi connectivity index (χ4n) is 2.22. The second kappa shape index (κ2) is 7.27. The fraction of sp³-hybridized carbons (Fsp3) is 0.294. The van der Waals surface area contributed by atoms with Gasteiger partial charge in [-0.1, -0.05) is 54.9 Å². The standard InChI is InChI=1S/C17H20ClNO2S/c1-3-14-4-8-16(9-5-14)13(2)19-22(20,21)12-15-6-10-17(18)11-7-15/h4-11,13,19H,3,12H2,1-2H3. The molecule has 0 radical (unpaired) electrons. The van der Waals surface area contributed by atoms with E-state index >= 15 is 0 Å². The van der Waals surface area contributed by atoms with Crippen LogP contribution in [0.2, 0.25) is 5.02 Å². The lowest BCUT2D eigenvalue weighted by molar-refractivity contribution is 0.566. The molecular weight excluding hydrogens is 318 g/mol. The topological polar surface area (TPSA) is 46.2 Å². The second-order valence-corrected chi connectivity index (χ2v) is 7.51. The lowest BCUT2D eigenvalue weighted by atomic mass is 10.1. The van der Waals surface area contributed by atoms with E-state index in [0.717, 1.165) is 12.0 Å². The van der Waals surface area contributed by atoms with Crippen molar-refractivity contribution in [2.75, 3.05) is 0 Å². The molecule has 0 amide bonds. The summed E-state index contributed by atoms with van der Waals surface area (Å²) in [7, 11) is -3.40. The van der Waals surface area contributed by atoms with Crippen LogP contribution in [0, 0.1) is 0 Å². The van der Waals surface area contributed by atoms with Gasteiger partial charge in [0.2, 0.25) is 10.0 Å². The Morgan fingerprint density at radius 3 is 2.09 bits per heavy atom. The smallest absolute Gasteiger partial charge is 0.212 e. The molecule has 1 N–H and O–H groups in total. The predicted octanol–water partition coefficient (Wildman–Crippen LogP) is 4.08. The molecule has 0 aromatic heterocycles. The van der Waals surface area contributed by atoms with Crippen LogP contribution < -0.4 is 4.72 Å². The fourth-order valence-corrected chi connectivity index (χ4v) is 3.74. The van der Waals surface area contributed by atoms with Gasteiger partial charge in [0.1, 0.15) is 0 Å². The lowest BCUT2D eigenvalue weighted by Crippen LogP contribution is -2.28. The Bertz CT molecular complexity index is 709. The largest absolute Gasteiger partial charge is 0.216 e. The van der Waals surface area contributed by atoms with Crippen molar-refractivity contribution >= 4 is 21.6 Å². The number of aryl methyl sites for hydroxylation is 1. The summed E-state index contributed by atoms with van der Waals surface area (Å²) in [5, 5.41) is 0.596. The minimum atomic E-state index is -3.40. The summed E-state index contributed by atoms with van der Waals surface area (Å²) in [6.07, 6.45) is 0.969. The summed E-state index contributed by atoms with van der Waals surface area (Å²) in [6.45, 7) is 3.94. The zero-order valence-corrected chi connectivity index (χ0v) is 14.3. The number of rotatable bonds is 6. The molecule has 118 valence electrons. The molecule has 2 aromatic carbocycles. The van der Waals surface area contributed by atoms with Crippen LogP contribution in [0.4, 0.5) is 0 Å². The third kappa shape index (κ3) is 4.83. The van der Waals surface area contributed by atoms with Gasteiger partial charge in [-0.05, 0) is 42.2 Å². The number of sulfonamides is 1. The van der Waals surface area contributed by atoms with Crippen molar-refractivity contribution in [1.29, 1.82) is 0 Å². The van der Waals surface area contributed by atoms with E-state index in [-0.39, 0.29) is 11.8 Å². The highest BCUT2D eigenvalue weighted by Gasteiger charge is 2.16. The van der Waals surface area contributed by atoms with E-state index in [1.54, 1.807) is 24.3 Å². The molecule has 1 atom stereocenters. The molecule has 0 spiro atoms. The summed E-state index contributed by atoms with van der Waals surface area (Å²) in [5.41, 5.74) is 2.90. The van der Waals surface area contributed by atoms with Crippen molar-refractivity contribution in [3.05, 3.63) is 70.2 Å². The van der Waals surface area contributed by atoms with E-state index in [9.17, 15) is 8.42 Å². The van der Waals surface area contributed by atoms with Gasteiger partial charge in [0, 0.05) is 11.1 Å². The molecule has 22 heavy (non-hydrogen) atoms. The number of hydrogen-bond acceptors (Lipinski definition) is 2. The average Bonchev–Trinajstić information content (AvgIpc) is 2.49. The van der Waals surface area contributed by atoms with Crippen molar-refractivity contribution in [1.82, 2.24) is 4.72 Å². The molecule has 0 aliphatic rings. The third-order valence-corrected chi connectivity index (χ3v) is 5.19. The van der Waals surface area contributed by atoms with Gasteiger partial charge < -0.3 is 0 Å². The first-order chi connectivity index (χ1) is 10.4. The van der Waals surface area contributed by atoms with Gasteiger partial charge in [-0.2, -0.15) is 0 Å². The maximum absolute atomic E-state index is 12.2. The molecular formula is C17H20ClNO2S. The highest BCUT2D eigenvalue weighted by molar-refractivity contribution is 7.88. The van der Waals surface area contributed by atoms with Crippen LogP contribution in [0.5, 0.6) is 0 Å². The zero-order chi connectivity index (χ0) is 16.2. The molecule has 0 aliphatic carbocycles. The third-order valence-electron chi connectivity index (χ3n) is 3.51. The van der Waals surface area contributed by atoms with Gasteiger partial charge >= 0.3 is 0 Å². The van der Waals surface area contributed by atoms with Gasteiger partial charge in [0.05, 0.1) is 5.75 Å². The molecule has 1 unspecified atom stereocenters. The summed E-state index contributed by atoms with van der Waals surface area (Å²) in [5.74, 6) is -0.0540. The van der Waals surface area contributed by atoms with Gasteiger partial charge in [-0.3, -0.25) is 0 Å². The molecule has 0 bridgehead atoms. The van der Waals surface area contributed by atoms with Crippen molar-refractivity contribution in [3.63, 3.8) is 0 Å². The van der Waals surface area contributed by atoms with Crippen molar-refractivity contribution in [2.24, 2.45) is 0 Å². The van der Waals surface area contributed by atoms with Crippen LogP contribution >= 0.6 is 11.6 Å². The highest BCUT2D eigenvalue weighted by Crippen LogP contribution is 2.17. The van der Waals surface area contributed by atoms with E-state index in [2.05, 4.69) is 11.6 Å². The van der Waals surface area contributed by atoms with Crippen LogP contribution in [0.1, 0.15) is 36.6 Å². The Hall–Kier alpha value is -1.36. The van der Waals surface area contributed by atoms with Crippen LogP contribution in [-0.2, 0) is 22.2 Å². The Balaban J connectivity index is 2.05. The van der Waals surface area contributed by atoms with Crippen molar-refractivity contribution in [3.8, 4) is 0 Å². The highest BCUT2D eigenvalue weighted by atomic mass is 35.5. The Morgan fingerprint density at radius 2 is 1.55 bits per heavy atom. The normalized spacial score (nSPS) is 13.0. The minimum absolute atomic E-state index is 0.0540. The average molecular weight is 338 g/mol. The van der Waals surface area contributed by atoms with E-state index in [1.165, 1.54) is 5.56 Å². The first-order valence-corrected chi connectivity index (χ1v) is 9.26. The Morgan fingerprint density at radius 1 is 1.00 bits per heavy atom. The Labute approximate surface area is 137 Å². The SMILES string of the molecule is CCc1ccc(C(C)NS(=O)(=O)Cc2ccc(Cl)cc2)cc1. The van der Waals surface area contributed by atoms with Crippen molar-refractivity contribution < 1.29 is 8.42 Å². The predicted molar refractivity (Wildman–Crippen MR) is 91.4 cm³/mol. The summed E-state index contributed by atoms with van der Waals surface area (Å²) < 4.78 is 27.2. The Kier molecular flexibility index (Phi) is 5.62. The lowest BCUT2D eigenvalue weighted by Gasteiger charge is -2.15. The van der Waals surface area contributed by atoms with Crippen LogP contribution in [0.3, 0.4) is 0 Å². The number of halogens is 1. The summed E-state index contributed by atoms with van der Waals surface area (Å²) in [6, 6.07) is 14.6. The van der Waals surface area contributed by atoms with E-state index in [4.69, 9.17) is 11.6 Å².